The Morgan fingerprint density at radius 3 is 2.64 bits per heavy atom. The number of carbonyl (C=O) groups is 2. The number of aryl methyl sites for hydroxylation is 1. The standard InChI is InChI=1S/C28H38FN5O2/c1-18(2)28(36)32-11-10-27-26(16-32)31-19(3)34(27)24-14-22-7-8-23(15-24)33(22)12-9-25(30-17-35)20-5-4-6-21(29)13-20/h4-6,13,17-18,22-25H,7-12,14-16H2,1-3H3,(H,30,35). The van der Waals surface area contributed by atoms with Gasteiger partial charge in [-0.05, 0) is 56.7 Å². The molecule has 3 unspecified atom stereocenters. The van der Waals surface area contributed by atoms with Gasteiger partial charge in [-0.15, -0.1) is 0 Å². The number of nitrogens with one attached hydrogen (secondary N) is 1. The molecule has 3 aliphatic heterocycles. The van der Waals surface area contributed by atoms with E-state index in [0.717, 1.165) is 62.3 Å². The Hall–Kier alpha value is -2.74. The van der Waals surface area contributed by atoms with E-state index in [1.54, 1.807) is 6.07 Å². The molecule has 0 aliphatic carbocycles. The second-order valence-corrected chi connectivity index (χ2v) is 11.0. The highest BCUT2D eigenvalue weighted by molar-refractivity contribution is 5.78. The summed E-state index contributed by atoms with van der Waals surface area (Å²) in [6, 6.07) is 7.81. The van der Waals surface area contributed by atoms with Crippen LogP contribution in [0.3, 0.4) is 0 Å². The van der Waals surface area contributed by atoms with Crippen molar-refractivity contribution >= 4 is 12.3 Å². The third-order valence-corrected chi connectivity index (χ3v) is 8.45. The number of imidazole rings is 1. The Bertz CT molecular complexity index is 1100. The molecule has 36 heavy (non-hydrogen) atoms. The predicted molar refractivity (Wildman–Crippen MR) is 136 cm³/mol. The number of nitrogens with zero attached hydrogens (tertiary/aromatic N) is 4. The van der Waals surface area contributed by atoms with Crippen LogP contribution in [0.5, 0.6) is 0 Å². The molecule has 2 bridgehead atoms. The van der Waals surface area contributed by atoms with E-state index in [2.05, 4.69) is 21.7 Å². The largest absolute Gasteiger partial charge is 0.352 e. The van der Waals surface area contributed by atoms with Crippen LogP contribution in [-0.4, -0.2) is 56.8 Å². The van der Waals surface area contributed by atoms with Gasteiger partial charge in [0, 0.05) is 49.2 Å². The molecule has 3 aliphatic rings. The van der Waals surface area contributed by atoms with E-state index in [9.17, 15) is 14.0 Å². The second-order valence-electron chi connectivity index (χ2n) is 11.0. The predicted octanol–water partition coefficient (Wildman–Crippen LogP) is 3.92. The molecule has 4 heterocycles. The van der Waals surface area contributed by atoms with Crippen LogP contribution in [0.4, 0.5) is 4.39 Å². The van der Waals surface area contributed by atoms with E-state index < -0.39 is 0 Å². The van der Waals surface area contributed by atoms with Gasteiger partial charge >= 0.3 is 0 Å². The van der Waals surface area contributed by atoms with Gasteiger partial charge in [0.1, 0.15) is 11.6 Å². The van der Waals surface area contributed by atoms with E-state index >= 15 is 0 Å². The fourth-order valence-electron chi connectivity index (χ4n) is 6.83. The first kappa shape index (κ1) is 24.9. The molecule has 2 saturated heterocycles. The topological polar surface area (TPSA) is 70.5 Å². The molecule has 0 saturated carbocycles. The van der Waals surface area contributed by atoms with Crippen LogP contribution < -0.4 is 5.32 Å². The number of amides is 2. The fraction of sp³-hybridized carbons (Fsp3) is 0.607. The van der Waals surface area contributed by atoms with Gasteiger partial charge in [-0.25, -0.2) is 9.37 Å². The summed E-state index contributed by atoms with van der Waals surface area (Å²) in [4.78, 5) is 33.3. The van der Waals surface area contributed by atoms with Crippen LogP contribution >= 0.6 is 0 Å². The van der Waals surface area contributed by atoms with Gasteiger partial charge in [0.2, 0.25) is 12.3 Å². The van der Waals surface area contributed by atoms with Crippen molar-refractivity contribution in [2.45, 2.75) is 90.0 Å². The molecule has 2 fully saturated rings. The summed E-state index contributed by atoms with van der Waals surface area (Å²) in [7, 11) is 0. The van der Waals surface area contributed by atoms with E-state index in [4.69, 9.17) is 4.98 Å². The summed E-state index contributed by atoms with van der Waals surface area (Å²) >= 11 is 0. The number of hydrogen-bond donors (Lipinski definition) is 1. The highest BCUT2D eigenvalue weighted by atomic mass is 19.1. The lowest BCUT2D eigenvalue weighted by Gasteiger charge is -2.41. The highest BCUT2D eigenvalue weighted by Gasteiger charge is 2.42. The van der Waals surface area contributed by atoms with Crippen LogP contribution in [0, 0.1) is 18.7 Å². The number of rotatable bonds is 8. The Labute approximate surface area is 213 Å². The maximum Gasteiger partial charge on any atom is 0.225 e. The SMILES string of the molecule is Cc1nc2c(n1C1CC3CCC(C1)N3CCC(NC=O)c1cccc(F)c1)CCN(C(=O)C(C)C)C2. The van der Waals surface area contributed by atoms with Crippen LogP contribution in [0.2, 0.25) is 0 Å². The van der Waals surface area contributed by atoms with Crippen molar-refractivity contribution in [2.24, 2.45) is 5.92 Å². The number of halogens is 1. The third kappa shape index (κ3) is 4.80. The summed E-state index contributed by atoms with van der Waals surface area (Å²) in [5.41, 5.74) is 3.20. The van der Waals surface area contributed by atoms with Crippen molar-refractivity contribution in [1.82, 2.24) is 24.7 Å². The molecule has 0 spiro atoms. The van der Waals surface area contributed by atoms with E-state index in [1.165, 1.54) is 30.7 Å². The van der Waals surface area contributed by atoms with Crippen molar-refractivity contribution in [3.63, 3.8) is 0 Å². The Morgan fingerprint density at radius 1 is 1.22 bits per heavy atom. The molecule has 3 atom stereocenters. The minimum absolute atomic E-state index is 0.0110. The molecule has 5 rings (SSSR count). The lowest BCUT2D eigenvalue weighted by atomic mass is 9.94. The van der Waals surface area contributed by atoms with Crippen LogP contribution in [-0.2, 0) is 22.6 Å². The number of piperidine rings is 1. The molecule has 1 aromatic heterocycles. The summed E-state index contributed by atoms with van der Waals surface area (Å²) in [5.74, 6) is 1.01. The molecule has 8 heteroatoms. The van der Waals surface area contributed by atoms with Crippen LogP contribution in [0.15, 0.2) is 24.3 Å². The first-order chi connectivity index (χ1) is 17.4. The number of benzene rings is 1. The van der Waals surface area contributed by atoms with Gasteiger partial charge < -0.3 is 14.8 Å². The van der Waals surface area contributed by atoms with Crippen molar-refractivity contribution in [2.75, 3.05) is 13.1 Å². The molecule has 2 aromatic rings. The third-order valence-electron chi connectivity index (χ3n) is 8.45. The highest BCUT2D eigenvalue weighted by Crippen LogP contribution is 2.43. The molecular weight excluding hydrogens is 457 g/mol. The monoisotopic (exact) mass is 495 g/mol. The zero-order chi connectivity index (χ0) is 25.4. The lowest BCUT2D eigenvalue weighted by Crippen LogP contribution is -2.45. The Kier molecular flexibility index (Phi) is 7.15. The minimum Gasteiger partial charge on any atom is -0.352 e. The maximum absolute atomic E-state index is 13.8. The van der Waals surface area contributed by atoms with Gasteiger partial charge in [-0.2, -0.15) is 0 Å². The first-order valence-electron chi connectivity index (χ1n) is 13.4. The summed E-state index contributed by atoms with van der Waals surface area (Å²) < 4.78 is 16.3. The number of carbonyl (C=O) groups excluding carboxylic acids is 2. The number of hydrogen-bond acceptors (Lipinski definition) is 4. The first-order valence-corrected chi connectivity index (χ1v) is 13.4. The van der Waals surface area contributed by atoms with Crippen molar-refractivity contribution in [3.8, 4) is 0 Å². The van der Waals surface area contributed by atoms with Crippen LogP contribution in [0.1, 0.15) is 80.8 Å². The molecule has 1 N–H and O–H groups in total. The van der Waals surface area contributed by atoms with Crippen molar-refractivity contribution < 1.29 is 14.0 Å². The Balaban J connectivity index is 1.26. The average molecular weight is 496 g/mol. The maximum atomic E-state index is 13.8. The summed E-state index contributed by atoms with van der Waals surface area (Å²) in [6.45, 7) is 8.30. The number of aromatic nitrogens is 2. The fourth-order valence-corrected chi connectivity index (χ4v) is 6.83. The second kappa shape index (κ2) is 10.3. The summed E-state index contributed by atoms with van der Waals surface area (Å²) in [5, 5.41) is 2.89. The van der Waals surface area contributed by atoms with Crippen LogP contribution in [0.25, 0.3) is 0 Å². The van der Waals surface area contributed by atoms with Gasteiger partial charge in [-0.1, -0.05) is 26.0 Å². The van der Waals surface area contributed by atoms with Gasteiger partial charge in [-0.3, -0.25) is 14.5 Å². The van der Waals surface area contributed by atoms with E-state index in [-0.39, 0.29) is 23.7 Å². The molecule has 1 aromatic carbocycles. The van der Waals surface area contributed by atoms with E-state index in [0.29, 0.717) is 24.7 Å². The van der Waals surface area contributed by atoms with Gasteiger partial charge in [0.05, 0.1) is 18.3 Å². The molecule has 2 amide bonds. The molecule has 7 nitrogen and oxygen atoms in total. The van der Waals surface area contributed by atoms with Crippen molar-refractivity contribution in [1.29, 1.82) is 0 Å². The normalized spacial score (nSPS) is 24.6. The van der Waals surface area contributed by atoms with Gasteiger partial charge in [0.15, 0.2) is 0 Å². The van der Waals surface area contributed by atoms with Gasteiger partial charge in [0.25, 0.3) is 0 Å². The molecular formula is C28H38FN5O2. The zero-order valence-corrected chi connectivity index (χ0v) is 21.6. The lowest BCUT2D eigenvalue weighted by molar-refractivity contribution is -0.135. The van der Waals surface area contributed by atoms with E-state index in [1.807, 2.05) is 24.8 Å². The zero-order valence-electron chi connectivity index (χ0n) is 21.6. The van der Waals surface area contributed by atoms with Crippen molar-refractivity contribution in [3.05, 3.63) is 52.9 Å². The Morgan fingerprint density at radius 2 is 1.97 bits per heavy atom. The summed E-state index contributed by atoms with van der Waals surface area (Å²) in [6.07, 6.45) is 6.94. The smallest absolute Gasteiger partial charge is 0.225 e. The molecule has 194 valence electrons. The minimum atomic E-state index is -0.276. The molecule has 0 radical (unpaired) electrons. The average Bonchev–Trinajstić information content (AvgIpc) is 3.31. The number of fused-ring (bicyclic) bond motifs is 3. The quantitative estimate of drug-likeness (QED) is 0.564.